The van der Waals surface area contributed by atoms with Crippen molar-refractivity contribution in [3.05, 3.63) is 72.4 Å². The molecule has 3 aliphatic rings. The van der Waals surface area contributed by atoms with E-state index in [0.29, 0.717) is 24.8 Å². The van der Waals surface area contributed by atoms with Crippen LogP contribution in [0.25, 0.3) is 0 Å². The maximum absolute atomic E-state index is 13.8. The highest BCUT2D eigenvalue weighted by Gasteiger charge is 2.67. The topological polar surface area (TPSA) is 89.8 Å². The first-order valence-corrected chi connectivity index (χ1v) is 12.1. The lowest BCUT2D eigenvalue weighted by Gasteiger charge is -2.51. The van der Waals surface area contributed by atoms with Gasteiger partial charge in [-0.3, -0.25) is 4.79 Å². The zero-order valence-corrected chi connectivity index (χ0v) is 19.8. The van der Waals surface area contributed by atoms with Gasteiger partial charge >= 0.3 is 0 Å². The van der Waals surface area contributed by atoms with Crippen LogP contribution in [0.4, 0.5) is 0 Å². The fourth-order valence-corrected chi connectivity index (χ4v) is 6.61. The smallest absolute Gasteiger partial charge is 0.230 e. The molecule has 4 rings (SSSR count). The van der Waals surface area contributed by atoms with Gasteiger partial charge in [0.1, 0.15) is 0 Å². The van der Waals surface area contributed by atoms with Crippen LogP contribution in [-0.2, 0) is 11.2 Å². The fourth-order valence-electron chi connectivity index (χ4n) is 6.61. The monoisotopic (exact) mass is 451 g/mol. The number of carbonyl (C=O) groups excluding carboxylic acids is 1. The Morgan fingerprint density at radius 1 is 1.15 bits per heavy atom. The number of amides is 1. The zero-order chi connectivity index (χ0) is 24.0. The first kappa shape index (κ1) is 23.9. The Hall–Kier alpha value is -2.21. The van der Waals surface area contributed by atoms with Crippen molar-refractivity contribution in [1.29, 1.82) is 0 Å². The Kier molecular flexibility index (Phi) is 6.43. The Labute approximate surface area is 196 Å². The van der Waals surface area contributed by atoms with Gasteiger partial charge in [-0.25, -0.2) is 0 Å². The van der Waals surface area contributed by atoms with Crippen LogP contribution in [0.5, 0.6) is 0 Å². The van der Waals surface area contributed by atoms with E-state index in [9.17, 15) is 20.1 Å². The largest absolute Gasteiger partial charge is 0.388 e. The lowest BCUT2D eigenvalue weighted by Crippen LogP contribution is -2.59. The number of nitrogens with one attached hydrogen (secondary N) is 1. The SMILES string of the molecule is C=C1C(C)C2C(Cc3ccccc3)NC(=O)C23C(O)/C=C/C(C)(O)CC(C)C/C=C/C3C1O. The number of aliphatic hydroxyl groups is 3. The van der Waals surface area contributed by atoms with E-state index in [2.05, 4.69) is 18.8 Å². The Bertz CT molecular complexity index is 952. The van der Waals surface area contributed by atoms with Crippen molar-refractivity contribution in [3.63, 3.8) is 0 Å². The maximum atomic E-state index is 13.8. The summed E-state index contributed by atoms with van der Waals surface area (Å²) in [7, 11) is 0. The molecule has 4 N–H and O–H groups in total. The fraction of sp³-hybridized carbons (Fsp3) is 0.536. The third-order valence-electron chi connectivity index (χ3n) is 8.16. The summed E-state index contributed by atoms with van der Waals surface area (Å²) in [4.78, 5) is 13.8. The van der Waals surface area contributed by atoms with Gasteiger partial charge in [-0.1, -0.05) is 75.1 Å². The molecule has 9 unspecified atom stereocenters. The van der Waals surface area contributed by atoms with E-state index in [-0.39, 0.29) is 29.7 Å². The highest BCUT2D eigenvalue weighted by atomic mass is 16.3. The van der Waals surface area contributed by atoms with E-state index >= 15 is 0 Å². The third kappa shape index (κ3) is 4.11. The van der Waals surface area contributed by atoms with Crippen molar-refractivity contribution in [1.82, 2.24) is 5.32 Å². The van der Waals surface area contributed by atoms with Crippen LogP contribution in [0, 0.1) is 29.1 Å². The standard InChI is InChI=1S/C28H37NO4/c1-17-9-8-12-21-25(31)19(3)18(2)24-22(15-20-10-6-5-7-11-20)29-26(32)28(21,24)23(30)13-14-27(4,33)16-17/h5-8,10-14,17-18,21-25,30-31,33H,3,9,15-16H2,1-2,4H3,(H,29,32)/b12-8+,14-13+. The highest BCUT2D eigenvalue weighted by molar-refractivity contribution is 5.88. The molecule has 0 radical (unpaired) electrons. The summed E-state index contributed by atoms with van der Waals surface area (Å²) < 4.78 is 0. The van der Waals surface area contributed by atoms with E-state index in [1.165, 1.54) is 0 Å². The third-order valence-corrected chi connectivity index (χ3v) is 8.16. The number of rotatable bonds is 2. The average Bonchev–Trinajstić information content (AvgIpc) is 3.04. The summed E-state index contributed by atoms with van der Waals surface area (Å²) in [6.45, 7) is 10.00. The Morgan fingerprint density at radius 3 is 2.55 bits per heavy atom. The van der Waals surface area contributed by atoms with Crippen LogP contribution in [-0.4, -0.2) is 45.1 Å². The lowest BCUT2D eigenvalue weighted by atomic mass is 9.51. The first-order valence-electron chi connectivity index (χ1n) is 12.1. The van der Waals surface area contributed by atoms with Crippen molar-refractivity contribution in [3.8, 4) is 0 Å². The van der Waals surface area contributed by atoms with Crippen molar-refractivity contribution in [2.24, 2.45) is 29.1 Å². The van der Waals surface area contributed by atoms with Gasteiger partial charge in [0.25, 0.3) is 0 Å². The van der Waals surface area contributed by atoms with Crippen LogP contribution in [0.2, 0.25) is 0 Å². The molecule has 1 aliphatic heterocycles. The number of hydrogen-bond acceptors (Lipinski definition) is 4. The molecule has 2 fully saturated rings. The van der Waals surface area contributed by atoms with Crippen LogP contribution in [0.3, 0.4) is 0 Å². The van der Waals surface area contributed by atoms with E-state index in [1.807, 2.05) is 49.4 Å². The molecule has 5 nitrogen and oxygen atoms in total. The molecule has 1 spiro atoms. The van der Waals surface area contributed by atoms with Gasteiger partial charge in [-0.05, 0) is 49.2 Å². The first-order chi connectivity index (χ1) is 15.6. The van der Waals surface area contributed by atoms with E-state index in [0.717, 1.165) is 5.56 Å². The van der Waals surface area contributed by atoms with Crippen molar-refractivity contribution < 1.29 is 20.1 Å². The van der Waals surface area contributed by atoms with Gasteiger partial charge in [0.15, 0.2) is 0 Å². The molecule has 1 amide bonds. The molecule has 1 saturated carbocycles. The lowest BCUT2D eigenvalue weighted by molar-refractivity contribution is -0.147. The second-order valence-electron chi connectivity index (χ2n) is 10.7. The molecule has 1 aromatic rings. The molecule has 9 atom stereocenters. The molecule has 0 bridgehead atoms. The molecular weight excluding hydrogens is 414 g/mol. The summed E-state index contributed by atoms with van der Waals surface area (Å²) in [5.41, 5.74) is -0.544. The number of benzene rings is 1. The van der Waals surface area contributed by atoms with Gasteiger partial charge in [-0.2, -0.15) is 0 Å². The highest BCUT2D eigenvalue weighted by Crippen LogP contribution is 2.57. The summed E-state index contributed by atoms with van der Waals surface area (Å²) in [6.07, 6.45) is 6.88. The second-order valence-corrected chi connectivity index (χ2v) is 10.7. The van der Waals surface area contributed by atoms with E-state index in [4.69, 9.17) is 0 Å². The summed E-state index contributed by atoms with van der Waals surface area (Å²) in [5.74, 6) is -1.09. The molecule has 0 aromatic heterocycles. The second kappa shape index (κ2) is 8.86. The van der Waals surface area contributed by atoms with Crippen LogP contribution < -0.4 is 5.32 Å². The summed E-state index contributed by atoms with van der Waals surface area (Å²) in [5, 5.41) is 37.0. The molecular formula is C28H37NO4. The molecule has 5 heteroatoms. The Morgan fingerprint density at radius 2 is 1.85 bits per heavy atom. The maximum Gasteiger partial charge on any atom is 0.230 e. The minimum absolute atomic E-state index is 0.176. The van der Waals surface area contributed by atoms with Gasteiger partial charge in [0.05, 0.1) is 23.2 Å². The van der Waals surface area contributed by atoms with Gasteiger partial charge in [-0.15, -0.1) is 0 Å². The number of allylic oxidation sites excluding steroid dienone is 1. The molecule has 1 heterocycles. The molecule has 1 saturated heterocycles. The minimum Gasteiger partial charge on any atom is -0.388 e. The predicted octanol–water partition coefficient (Wildman–Crippen LogP) is 3.17. The minimum atomic E-state index is -1.25. The summed E-state index contributed by atoms with van der Waals surface area (Å²) in [6, 6.07) is 9.80. The molecule has 2 aliphatic carbocycles. The molecule has 33 heavy (non-hydrogen) atoms. The van der Waals surface area contributed by atoms with Crippen LogP contribution in [0.1, 0.15) is 39.2 Å². The summed E-state index contributed by atoms with van der Waals surface area (Å²) >= 11 is 0. The number of aliphatic hydroxyl groups excluding tert-OH is 2. The van der Waals surface area contributed by atoms with E-state index < -0.39 is 29.1 Å². The van der Waals surface area contributed by atoms with Crippen LogP contribution in [0.15, 0.2) is 66.8 Å². The number of hydrogen-bond donors (Lipinski definition) is 4. The quantitative estimate of drug-likeness (QED) is 0.520. The van der Waals surface area contributed by atoms with Gasteiger partial charge < -0.3 is 20.6 Å². The number of carbonyl (C=O) groups is 1. The van der Waals surface area contributed by atoms with Crippen molar-refractivity contribution in [2.45, 2.75) is 63.9 Å². The normalized spacial score (nSPS) is 45.3. The predicted molar refractivity (Wildman–Crippen MR) is 129 cm³/mol. The molecule has 1 aromatic carbocycles. The average molecular weight is 452 g/mol. The van der Waals surface area contributed by atoms with Crippen LogP contribution >= 0.6 is 0 Å². The zero-order valence-electron chi connectivity index (χ0n) is 19.8. The molecule has 178 valence electrons. The van der Waals surface area contributed by atoms with E-state index in [1.54, 1.807) is 19.1 Å². The van der Waals surface area contributed by atoms with Gasteiger partial charge in [0.2, 0.25) is 5.91 Å². The van der Waals surface area contributed by atoms with Gasteiger partial charge in [0, 0.05) is 17.9 Å². The Balaban J connectivity index is 1.85. The van der Waals surface area contributed by atoms with Crippen molar-refractivity contribution >= 4 is 5.91 Å². The van der Waals surface area contributed by atoms with Crippen molar-refractivity contribution in [2.75, 3.05) is 0 Å².